The first-order valence-corrected chi connectivity index (χ1v) is 7.96. The van der Waals surface area contributed by atoms with Crippen molar-refractivity contribution in [2.75, 3.05) is 13.2 Å². The summed E-state index contributed by atoms with van der Waals surface area (Å²) in [4.78, 5) is 1.45. The molecule has 1 aliphatic heterocycles. The zero-order valence-corrected chi connectivity index (χ0v) is 12.8. The Morgan fingerprint density at radius 1 is 1.65 bits per heavy atom. The summed E-state index contributed by atoms with van der Waals surface area (Å²) in [5.74, 6) is 0.649. The predicted octanol–water partition coefficient (Wildman–Crippen LogP) is 3.46. The van der Waals surface area contributed by atoms with Crippen molar-refractivity contribution in [2.45, 2.75) is 38.8 Å². The van der Waals surface area contributed by atoms with Crippen LogP contribution in [-0.4, -0.2) is 25.3 Å². The van der Waals surface area contributed by atoms with E-state index in [4.69, 9.17) is 4.74 Å². The lowest BCUT2D eigenvalue weighted by Crippen LogP contribution is -2.40. The Hall–Kier alpha value is 0.1000. The zero-order chi connectivity index (χ0) is 12.3. The van der Waals surface area contributed by atoms with Crippen LogP contribution in [0, 0.1) is 5.92 Å². The number of rotatable bonds is 5. The van der Waals surface area contributed by atoms with E-state index in [9.17, 15) is 0 Å². The molecule has 1 saturated heterocycles. The number of thiophene rings is 1. The molecule has 1 fully saturated rings. The smallest absolute Gasteiger partial charge is 0.0590 e. The van der Waals surface area contributed by atoms with E-state index < -0.39 is 0 Å². The Morgan fingerprint density at radius 3 is 3.00 bits per heavy atom. The van der Waals surface area contributed by atoms with Crippen molar-refractivity contribution in [2.24, 2.45) is 5.92 Å². The Kier molecular flexibility index (Phi) is 5.03. The summed E-state index contributed by atoms with van der Waals surface area (Å²) in [7, 11) is 0. The van der Waals surface area contributed by atoms with E-state index in [0.717, 1.165) is 19.6 Å². The SMILES string of the molecule is CCNC(Cc1cc(Br)cs1)C1CCOC1C. The molecule has 0 spiro atoms. The van der Waals surface area contributed by atoms with E-state index >= 15 is 0 Å². The first-order chi connectivity index (χ1) is 8.20. The quantitative estimate of drug-likeness (QED) is 0.898. The van der Waals surface area contributed by atoms with Crippen LogP contribution in [0.3, 0.4) is 0 Å². The molecule has 2 rings (SSSR count). The average Bonchev–Trinajstić information content (AvgIpc) is 2.87. The van der Waals surface area contributed by atoms with Gasteiger partial charge in [0.25, 0.3) is 0 Å². The minimum atomic E-state index is 0.391. The molecule has 0 aliphatic carbocycles. The second-order valence-electron chi connectivity index (χ2n) is 4.63. The van der Waals surface area contributed by atoms with Crippen molar-refractivity contribution in [1.82, 2.24) is 5.32 Å². The third-order valence-corrected chi connectivity index (χ3v) is 5.18. The maximum absolute atomic E-state index is 5.69. The standard InChI is InChI=1S/C13H20BrNOS/c1-3-15-13(12-4-5-16-9(12)2)7-11-6-10(14)8-17-11/h6,8-9,12-13,15H,3-5,7H2,1-2H3. The number of ether oxygens (including phenoxy) is 1. The third-order valence-electron chi connectivity index (χ3n) is 3.46. The molecule has 96 valence electrons. The fraction of sp³-hybridized carbons (Fsp3) is 0.692. The molecular weight excluding hydrogens is 298 g/mol. The highest BCUT2D eigenvalue weighted by Crippen LogP contribution is 2.28. The van der Waals surface area contributed by atoms with Crippen LogP contribution in [0.4, 0.5) is 0 Å². The topological polar surface area (TPSA) is 21.3 Å². The second-order valence-corrected chi connectivity index (χ2v) is 6.54. The molecule has 0 aromatic carbocycles. The van der Waals surface area contributed by atoms with E-state index in [1.54, 1.807) is 0 Å². The molecule has 2 nitrogen and oxygen atoms in total. The van der Waals surface area contributed by atoms with Gasteiger partial charge in [-0.05, 0) is 48.3 Å². The highest BCUT2D eigenvalue weighted by Gasteiger charge is 2.31. The molecule has 0 radical (unpaired) electrons. The van der Waals surface area contributed by atoms with Gasteiger partial charge in [-0.25, -0.2) is 0 Å². The van der Waals surface area contributed by atoms with Crippen molar-refractivity contribution >= 4 is 27.3 Å². The lowest BCUT2D eigenvalue weighted by molar-refractivity contribution is 0.0957. The lowest BCUT2D eigenvalue weighted by Gasteiger charge is -2.26. The van der Waals surface area contributed by atoms with Gasteiger partial charge >= 0.3 is 0 Å². The maximum atomic E-state index is 5.69. The number of hydrogen-bond donors (Lipinski definition) is 1. The molecule has 0 saturated carbocycles. The van der Waals surface area contributed by atoms with Gasteiger partial charge in [-0.3, -0.25) is 0 Å². The minimum Gasteiger partial charge on any atom is -0.378 e. The minimum absolute atomic E-state index is 0.391. The van der Waals surface area contributed by atoms with E-state index in [-0.39, 0.29) is 0 Å². The predicted molar refractivity (Wildman–Crippen MR) is 76.7 cm³/mol. The van der Waals surface area contributed by atoms with Gasteiger partial charge in [0.1, 0.15) is 0 Å². The van der Waals surface area contributed by atoms with Crippen LogP contribution in [0.15, 0.2) is 15.9 Å². The third kappa shape index (κ3) is 3.53. The van der Waals surface area contributed by atoms with Crippen LogP contribution in [0.1, 0.15) is 25.1 Å². The van der Waals surface area contributed by atoms with E-state index in [0.29, 0.717) is 18.1 Å². The molecule has 0 bridgehead atoms. The van der Waals surface area contributed by atoms with Crippen LogP contribution in [-0.2, 0) is 11.2 Å². The average molecular weight is 318 g/mol. The van der Waals surface area contributed by atoms with E-state index in [1.165, 1.54) is 15.8 Å². The fourth-order valence-corrected chi connectivity index (χ4v) is 4.10. The summed E-state index contributed by atoms with van der Waals surface area (Å²) in [6, 6.07) is 2.78. The molecule has 2 heterocycles. The van der Waals surface area contributed by atoms with E-state index in [1.807, 2.05) is 11.3 Å². The molecule has 1 aromatic rings. The number of hydrogen-bond acceptors (Lipinski definition) is 3. The lowest BCUT2D eigenvalue weighted by atomic mass is 9.91. The normalized spacial score (nSPS) is 26.3. The van der Waals surface area contributed by atoms with Crippen LogP contribution >= 0.6 is 27.3 Å². The Balaban J connectivity index is 2.01. The Bertz CT molecular complexity index is 355. The molecule has 1 N–H and O–H groups in total. The molecular formula is C13H20BrNOS. The summed E-state index contributed by atoms with van der Waals surface area (Å²) < 4.78 is 6.89. The van der Waals surface area contributed by atoms with Gasteiger partial charge in [-0.15, -0.1) is 11.3 Å². The largest absolute Gasteiger partial charge is 0.378 e. The summed E-state index contributed by atoms with van der Waals surface area (Å²) in [6.07, 6.45) is 2.69. The molecule has 4 heteroatoms. The highest BCUT2D eigenvalue weighted by atomic mass is 79.9. The fourth-order valence-electron chi connectivity index (χ4n) is 2.59. The van der Waals surface area contributed by atoms with Gasteiger partial charge in [0.15, 0.2) is 0 Å². The molecule has 1 aromatic heterocycles. The summed E-state index contributed by atoms with van der Waals surface area (Å²) in [5.41, 5.74) is 0. The molecule has 3 unspecified atom stereocenters. The Morgan fingerprint density at radius 2 is 2.47 bits per heavy atom. The van der Waals surface area contributed by atoms with Crippen molar-refractivity contribution < 1.29 is 4.74 Å². The molecule has 3 atom stereocenters. The molecule has 1 aliphatic rings. The summed E-state index contributed by atoms with van der Waals surface area (Å²) in [6.45, 7) is 6.33. The second kappa shape index (κ2) is 6.32. The summed E-state index contributed by atoms with van der Waals surface area (Å²) in [5, 5.41) is 5.78. The maximum Gasteiger partial charge on any atom is 0.0590 e. The van der Waals surface area contributed by atoms with Gasteiger partial charge in [-0.2, -0.15) is 0 Å². The van der Waals surface area contributed by atoms with Gasteiger partial charge in [-0.1, -0.05) is 6.92 Å². The van der Waals surface area contributed by atoms with Gasteiger partial charge in [0, 0.05) is 33.3 Å². The summed E-state index contributed by atoms with van der Waals surface area (Å²) >= 11 is 5.36. The van der Waals surface area contributed by atoms with Crippen molar-refractivity contribution in [3.63, 3.8) is 0 Å². The van der Waals surface area contributed by atoms with Gasteiger partial charge in [0.2, 0.25) is 0 Å². The highest BCUT2D eigenvalue weighted by molar-refractivity contribution is 9.10. The zero-order valence-electron chi connectivity index (χ0n) is 10.4. The van der Waals surface area contributed by atoms with Crippen LogP contribution in [0.2, 0.25) is 0 Å². The van der Waals surface area contributed by atoms with Gasteiger partial charge < -0.3 is 10.1 Å². The molecule has 17 heavy (non-hydrogen) atoms. The number of nitrogens with one attached hydrogen (secondary N) is 1. The number of likely N-dealkylation sites (N-methyl/N-ethyl adjacent to an activating group) is 1. The van der Waals surface area contributed by atoms with Crippen molar-refractivity contribution in [3.8, 4) is 0 Å². The van der Waals surface area contributed by atoms with Crippen LogP contribution < -0.4 is 5.32 Å². The van der Waals surface area contributed by atoms with Crippen molar-refractivity contribution in [1.29, 1.82) is 0 Å². The van der Waals surface area contributed by atoms with Gasteiger partial charge in [0.05, 0.1) is 6.10 Å². The number of halogens is 1. The molecule has 0 amide bonds. The first-order valence-electron chi connectivity index (χ1n) is 6.28. The Labute approximate surface area is 116 Å². The van der Waals surface area contributed by atoms with E-state index in [2.05, 4.69) is 46.5 Å². The van der Waals surface area contributed by atoms with Crippen LogP contribution in [0.25, 0.3) is 0 Å². The van der Waals surface area contributed by atoms with Crippen LogP contribution in [0.5, 0.6) is 0 Å². The monoisotopic (exact) mass is 317 g/mol. The van der Waals surface area contributed by atoms with Crippen molar-refractivity contribution in [3.05, 3.63) is 20.8 Å². The first kappa shape index (κ1) is 13.5.